The topological polar surface area (TPSA) is 67.3 Å². The molecule has 0 spiro atoms. The maximum atomic E-state index is 12.1. The summed E-state index contributed by atoms with van der Waals surface area (Å²) in [7, 11) is 0. The number of rotatable bonds is 5. The number of carbonyl (C=O) groups is 1. The van der Waals surface area contributed by atoms with Crippen LogP contribution in [-0.4, -0.2) is 52.6 Å². The second-order valence-corrected chi connectivity index (χ2v) is 6.64. The van der Waals surface area contributed by atoms with Gasteiger partial charge in [0.1, 0.15) is 6.10 Å². The van der Waals surface area contributed by atoms with Crippen LogP contribution < -0.4 is 10.1 Å². The highest BCUT2D eigenvalue weighted by molar-refractivity contribution is 5.78. The predicted molar refractivity (Wildman–Crippen MR) is 87.3 cm³/mol. The Balaban J connectivity index is 1.38. The molecule has 3 rings (SSSR count). The highest BCUT2D eigenvalue weighted by Gasteiger charge is 2.24. The number of likely N-dealkylation sites (tertiary alicyclic amines) is 1. The first-order valence-corrected chi connectivity index (χ1v) is 8.66. The lowest BCUT2D eigenvalue weighted by Gasteiger charge is -2.31. The fraction of sp³-hybridized carbons (Fsp3) is 0.706. The van der Waals surface area contributed by atoms with Crippen molar-refractivity contribution in [1.29, 1.82) is 0 Å². The van der Waals surface area contributed by atoms with Crippen molar-refractivity contribution in [1.82, 2.24) is 20.2 Å². The molecule has 1 aliphatic heterocycles. The van der Waals surface area contributed by atoms with E-state index in [0.717, 1.165) is 44.5 Å². The van der Waals surface area contributed by atoms with E-state index in [1.807, 2.05) is 6.92 Å². The Hall–Kier alpha value is -1.69. The largest absolute Gasteiger partial charge is 0.473 e. The number of hydrogen-bond donors (Lipinski definition) is 1. The molecule has 1 aliphatic carbocycles. The minimum Gasteiger partial charge on any atom is -0.473 e. The van der Waals surface area contributed by atoms with Crippen LogP contribution in [0.3, 0.4) is 0 Å². The third-order valence-electron chi connectivity index (χ3n) is 4.64. The zero-order chi connectivity index (χ0) is 16.1. The molecule has 1 aromatic heterocycles. The molecule has 0 aromatic carbocycles. The summed E-state index contributed by atoms with van der Waals surface area (Å²) in [6.45, 7) is 4.20. The third kappa shape index (κ3) is 4.89. The van der Waals surface area contributed by atoms with E-state index in [1.165, 1.54) is 12.8 Å². The highest BCUT2D eigenvalue weighted by Crippen LogP contribution is 2.18. The lowest BCUT2D eigenvalue weighted by Crippen LogP contribution is -2.45. The van der Waals surface area contributed by atoms with Crippen LogP contribution in [0.5, 0.6) is 5.88 Å². The van der Waals surface area contributed by atoms with Crippen LogP contribution in [0, 0.1) is 6.92 Å². The Bertz CT molecular complexity index is 523. The molecule has 1 saturated carbocycles. The summed E-state index contributed by atoms with van der Waals surface area (Å²) in [5, 5.41) is 3.15. The van der Waals surface area contributed by atoms with E-state index < -0.39 is 0 Å². The molecule has 6 nitrogen and oxygen atoms in total. The van der Waals surface area contributed by atoms with Gasteiger partial charge >= 0.3 is 0 Å². The van der Waals surface area contributed by atoms with E-state index in [9.17, 15) is 4.79 Å². The number of hydrogen-bond acceptors (Lipinski definition) is 5. The predicted octanol–water partition coefficient (Wildman–Crippen LogP) is 1.69. The van der Waals surface area contributed by atoms with Crippen molar-refractivity contribution in [2.24, 2.45) is 0 Å². The first kappa shape index (κ1) is 16.2. The van der Waals surface area contributed by atoms with Crippen molar-refractivity contribution in [3.63, 3.8) is 0 Å². The number of aryl methyl sites for hydroxylation is 1. The Morgan fingerprint density at radius 1 is 1.26 bits per heavy atom. The SMILES string of the molecule is Cc1cncc(OC2CCN(CC(=O)NC3CCCC3)CC2)n1. The molecule has 0 radical (unpaired) electrons. The molecule has 126 valence electrons. The number of ether oxygens (including phenoxy) is 1. The number of nitrogens with one attached hydrogen (secondary N) is 1. The van der Waals surface area contributed by atoms with Gasteiger partial charge in [0.15, 0.2) is 0 Å². The van der Waals surface area contributed by atoms with Gasteiger partial charge in [0.25, 0.3) is 0 Å². The van der Waals surface area contributed by atoms with Crippen LogP contribution in [0.2, 0.25) is 0 Å². The fourth-order valence-electron chi connectivity index (χ4n) is 3.40. The van der Waals surface area contributed by atoms with Crippen LogP contribution in [0.25, 0.3) is 0 Å². The van der Waals surface area contributed by atoms with Crippen molar-refractivity contribution in [2.75, 3.05) is 19.6 Å². The first-order valence-electron chi connectivity index (χ1n) is 8.66. The summed E-state index contributed by atoms with van der Waals surface area (Å²) in [6.07, 6.45) is 10.2. The Morgan fingerprint density at radius 3 is 2.70 bits per heavy atom. The van der Waals surface area contributed by atoms with Gasteiger partial charge in [0.2, 0.25) is 11.8 Å². The smallest absolute Gasteiger partial charge is 0.234 e. The first-order chi connectivity index (χ1) is 11.2. The fourth-order valence-corrected chi connectivity index (χ4v) is 3.40. The standard InChI is InChI=1S/C17H26N4O2/c1-13-10-18-11-17(19-13)23-15-6-8-21(9-7-15)12-16(22)20-14-4-2-3-5-14/h10-11,14-15H,2-9,12H2,1H3,(H,20,22). The molecule has 1 amide bonds. The second kappa shape index (κ2) is 7.73. The minimum atomic E-state index is 0.167. The monoisotopic (exact) mass is 318 g/mol. The van der Waals surface area contributed by atoms with Crippen LogP contribution in [0.4, 0.5) is 0 Å². The average molecular weight is 318 g/mol. The number of carbonyl (C=O) groups excluding carboxylic acids is 1. The Labute approximate surface area is 137 Å². The van der Waals surface area contributed by atoms with Crippen molar-refractivity contribution in [3.05, 3.63) is 18.1 Å². The van der Waals surface area contributed by atoms with E-state index in [2.05, 4.69) is 20.2 Å². The minimum absolute atomic E-state index is 0.167. The van der Waals surface area contributed by atoms with Gasteiger partial charge in [0.05, 0.1) is 18.4 Å². The lowest BCUT2D eigenvalue weighted by atomic mass is 10.1. The molecule has 6 heteroatoms. The van der Waals surface area contributed by atoms with E-state index in [-0.39, 0.29) is 12.0 Å². The summed E-state index contributed by atoms with van der Waals surface area (Å²) in [5.74, 6) is 0.767. The van der Waals surface area contributed by atoms with Crippen LogP contribution in [0.15, 0.2) is 12.4 Å². The van der Waals surface area contributed by atoms with Gasteiger partial charge in [-0.25, -0.2) is 4.98 Å². The molecular weight excluding hydrogens is 292 g/mol. The van der Waals surface area contributed by atoms with E-state index in [0.29, 0.717) is 18.5 Å². The van der Waals surface area contributed by atoms with Crippen LogP contribution in [-0.2, 0) is 4.79 Å². The Kier molecular flexibility index (Phi) is 5.43. The molecule has 2 heterocycles. The molecule has 1 aromatic rings. The molecule has 0 unspecified atom stereocenters. The van der Waals surface area contributed by atoms with Gasteiger partial charge in [-0.15, -0.1) is 0 Å². The number of aromatic nitrogens is 2. The van der Waals surface area contributed by atoms with Gasteiger partial charge in [-0.05, 0) is 32.6 Å². The van der Waals surface area contributed by atoms with Crippen molar-refractivity contribution in [3.8, 4) is 5.88 Å². The molecule has 1 saturated heterocycles. The summed E-state index contributed by atoms with van der Waals surface area (Å²) in [4.78, 5) is 22.7. The lowest BCUT2D eigenvalue weighted by molar-refractivity contribution is -0.123. The molecule has 0 atom stereocenters. The highest BCUT2D eigenvalue weighted by atomic mass is 16.5. The number of amides is 1. The quantitative estimate of drug-likeness (QED) is 0.895. The van der Waals surface area contributed by atoms with Crippen LogP contribution >= 0.6 is 0 Å². The molecular formula is C17H26N4O2. The van der Waals surface area contributed by atoms with Crippen molar-refractivity contribution < 1.29 is 9.53 Å². The second-order valence-electron chi connectivity index (χ2n) is 6.64. The average Bonchev–Trinajstić information content (AvgIpc) is 3.02. The Morgan fingerprint density at radius 2 is 2.00 bits per heavy atom. The molecule has 2 aliphatic rings. The van der Waals surface area contributed by atoms with Gasteiger partial charge in [-0.1, -0.05) is 12.8 Å². The zero-order valence-electron chi connectivity index (χ0n) is 13.8. The van der Waals surface area contributed by atoms with E-state index >= 15 is 0 Å². The summed E-state index contributed by atoms with van der Waals surface area (Å²) in [6, 6.07) is 0.406. The maximum Gasteiger partial charge on any atom is 0.234 e. The van der Waals surface area contributed by atoms with Gasteiger partial charge < -0.3 is 10.1 Å². The molecule has 0 bridgehead atoms. The summed E-state index contributed by atoms with van der Waals surface area (Å²) < 4.78 is 5.90. The maximum absolute atomic E-state index is 12.1. The van der Waals surface area contributed by atoms with E-state index in [4.69, 9.17) is 4.74 Å². The van der Waals surface area contributed by atoms with Gasteiger partial charge in [-0.3, -0.25) is 14.7 Å². The molecule has 2 fully saturated rings. The summed E-state index contributed by atoms with van der Waals surface area (Å²) >= 11 is 0. The third-order valence-corrected chi connectivity index (χ3v) is 4.64. The van der Waals surface area contributed by atoms with Crippen molar-refractivity contribution in [2.45, 2.75) is 57.6 Å². The van der Waals surface area contributed by atoms with Gasteiger partial charge in [0, 0.05) is 25.3 Å². The molecule has 1 N–H and O–H groups in total. The van der Waals surface area contributed by atoms with Crippen LogP contribution in [0.1, 0.15) is 44.2 Å². The molecule has 23 heavy (non-hydrogen) atoms. The van der Waals surface area contributed by atoms with E-state index in [1.54, 1.807) is 12.4 Å². The summed E-state index contributed by atoms with van der Waals surface area (Å²) in [5.41, 5.74) is 0.864. The number of nitrogens with zero attached hydrogens (tertiary/aromatic N) is 3. The number of piperidine rings is 1. The van der Waals surface area contributed by atoms with Gasteiger partial charge in [-0.2, -0.15) is 0 Å². The van der Waals surface area contributed by atoms with Crippen molar-refractivity contribution >= 4 is 5.91 Å². The normalized spacial score (nSPS) is 20.6. The zero-order valence-corrected chi connectivity index (χ0v) is 13.8.